The molecular formula is C21H19F2N7O. The zero-order valence-corrected chi connectivity index (χ0v) is 16.6. The summed E-state index contributed by atoms with van der Waals surface area (Å²) in [6.07, 6.45) is 2.10. The van der Waals surface area contributed by atoms with Gasteiger partial charge in [-0.3, -0.25) is 9.48 Å². The maximum absolute atomic E-state index is 14.9. The SMILES string of the molecule is Cc1nn(Cc2c(C(N)=O)cccc2C2CC2)c2cc(C(F)(F)c3nnn[nH]3)ccc12. The summed E-state index contributed by atoms with van der Waals surface area (Å²) >= 11 is 0. The molecule has 4 aromatic rings. The molecule has 0 saturated heterocycles. The molecule has 158 valence electrons. The van der Waals surface area contributed by atoms with Gasteiger partial charge in [-0.1, -0.05) is 24.3 Å². The molecule has 0 aliphatic heterocycles. The van der Waals surface area contributed by atoms with Gasteiger partial charge in [0.25, 0.3) is 0 Å². The zero-order chi connectivity index (χ0) is 21.8. The van der Waals surface area contributed by atoms with E-state index in [1.807, 2.05) is 19.1 Å². The van der Waals surface area contributed by atoms with Crippen molar-refractivity contribution in [3.05, 3.63) is 70.2 Å². The number of aromatic amines is 1. The van der Waals surface area contributed by atoms with Crippen LogP contribution in [0, 0.1) is 6.92 Å². The van der Waals surface area contributed by atoms with Gasteiger partial charge in [0.2, 0.25) is 11.7 Å². The monoisotopic (exact) mass is 423 g/mol. The first-order valence-corrected chi connectivity index (χ1v) is 9.87. The number of carbonyl (C=O) groups is 1. The van der Waals surface area contributed by atoms with E-state index in [2.05, 4.69) is 25.7 Å². The van der Waals surface area contributed by atoms with Crippen molar-refractivity contribution >= 4 is 16.8 Å². The molecule has 2 aromatic heterocycles. The number of nitrogens with two attached hydrogens (primary N) is 1. The highest BCUT2D eigenvalue weighted by molar-refractivity contribution is 5.95. The number of nitrogens with zero attached hydrogens (tertiary/aromatic N) is 5. The third-order valence-electron chi connectivity index (χ3n) is 5.74. The Bertz CT molecular complexity index is 1290. The summed E-state index contributed by atoms with van der Waals surface area (Å²) in [5.41, 5.74) is 8.88. The van der Waals surface area contributed by atoms with Gasteiger partial charge in [0.1, 0.15) is 0 Å². The van der Waals surface area contributed by atoms with E-state index in [0.29, 0.717) is 22.7 Å². The number of benzene rings is 2. The molecule has 0 bridgehead atoms. The van der Waals surface area contributed by atoms with Gasteiger partial charge in [-0.2, -0.15) is 13.9 Å². The number of hydrogen-bond donors (Lipinski definition) is 2. The number of hydrogen-bond acceptors (Lipinski definition) is 5. The minimum Gasteiger partial charge on any atom is -0.366 e. The molecule has 31 heavy (non-hydrogen) atoms. The van der Waals surface area contributed by atoms with Crippen molar-refractivity contribution in [1.29, 1.82) is 0 Å². The predicted molar refractivity (Wildman–Crippen MR) is 108 cm³/mol. The van der Waals surface area contributed by atoms with E-state index in [-0.39, 0.29) is 12.1 Å². The van der Waals surface area contributed by atoms with E-state index in [1.165, 1.54) is 12.1 Å². The van der Waals surface area contributed by atoms with E-state index in [4.69, 9.17) is 5.73 Å². The highest BCUT2D eigenvalue weighted by Gasteiger charge is 2.38. The molecule has 3 N–H and O–H groups in total. The second-order valence-electron chi connectivity index (χ2n) is 7.81. The molecule has 1 saturated carbocycles. The van der Waals surface area contributed by atoms with Crippen molar-refractivity contribution in [2.24, 2.45) is 5.73 Å². The fraction of sp³-hybridized carbons (Fsp3) is 0.286. The van der Waals surface area contributed by atoms with Gasteiger partial charge in [-0.05, 0) is 59.4 Å². The van der Waals surface area contributed by atoms with Crippen LogP contribution in [-0.4, -0.2) is 36.3 Å². The van der Waals surface area contributed by atoms with Gasteiger partial charge in [0.05, 0.1) is 17.8 Å². The number of carbonyl (C=O) groups excluding carboxylic acids is 1. The largest absolute Gasteiger partial charge is 0.366 e. The van der Waals surface area contributed by atoms with Crippen LogP contribution < -0.4 is 5.73 Å². The van der Waals surface area contributed by atoms with Gasteiger partial charge >= 0.3 is 5.92 Å². The summed E-state index contributed by atoms with van der Waals surface area (Å²) in [6, 6.07) is 9.86. The first-order valence-electron chi connectivity index (χ1n) is 9.87. The van der Waals surface area contributed by atoms with E-state index in [9.17, 15) is 13.6 Å². The quantitative estimate of drug-likeness (QED) is 0.495. The maximum atomic E-state index is 14.9. The van der Waals surface area contributed by atoms with Crippen molar-refractivity contribution in [2.45, 2.75) is 38.2 Å². The van der Waals surface area contributed by atoms with Crippen LogP contribution in [0.4, 0.5) is 8.78 Å². The van der Waals surface area contributed by atoms with Gasteiger partial charge < -0.3 is 5.73 Å². The van der Waals surface area contributed by atoms with Crippen LogP contribution in [0.2, 0.25) is 0 Å². The van der Waals surface area contributed by atoms with Crippen LogP contribution in [0.5, 0.6) is 0 Å². The summed E-state index contributed by atoms with van der Waals surface area (Å²) < 4.78 is 31.4. The molecule has 1 aliphatic rings. The minimum atomic E-state index is -3.40. The highest BCUT2D eigenvalue weighted by Crippen LogP contribution is 2.43. The average molecular weight is 423 g/mol. The second-order valence-corrected chi connectivity index (χ2v) is 7.81. The number of rotatable bonds is 6. The molecule has 0 atom stereocenters. The van der Waals surface area contributed by atoms with Crippen LogP contribution >= 0.6 is 0 Å². The molecule has 1 aliphatic carbocycles. The Morgan fingerprint density at radius 1 is 1.29 bits per heavy atom. The number of primary amides is 1. The summed E-state index contributed by atoms with van der Waals surface area (Å²) in [5.74, 6) is -4.16. The van der Waals surface area contributed by atoms with E-state index >= 15 is 0 Å². The lowest BCUT2D eigenvalue weighted by atomic mass is 9.97. The topological polar surface area (TPSA) is 115 Å². The molecule has 1 fully saturated rings. The number of halogens is 2. The summed E-state index contributed by atoms with van der Waals surface area (Å²) in [7, 11) is 0. The number of nitrogens with one attached hydrogen (secondary N) is 1. The van der Waals surface area contributed by atoms with E-state index in [1.54, 1.807) is 16.8 Å². The Kier molecular flexibility index (Phi) is 4.31. The number of aromatic nitrogens is 6. The van der Waals surface area contributed by atoms with Gasteiger partial charge in [-0.15, -0.1) is 5.10 Å². The van der Waals surface area contributed by atoms with Crippen molar-refractivity contribution in [2.75, 3.05) is 0 Å². The molecule has 2 aromatic carbocycles. The molecule has 2 heterocycles. The normalized spacial score (nSPS) is 14.3. The number of alkyl halides is 2. The number of tetrazole rings is 1. The third-order valence-corrected chi connectivity index (χ3v) is 5.74. The van der Waals surface area contributed by atoms with Crippen LogP contribution in [0.25, 0.3) is 10.9 Å². The Morgan fingerprint density at radius 2 is 2.10 bits per heavy atom. The van der Waals surface area contributed by atoms with Crippen molar-refractivity contribution in [3.63, 3.8) is 0 Å². The smallest absolute Gasteiger partial charge is 0.333 e. The van der Waals surface area contributed by atoms with Crippen LogP contribution in [0.3, 0.4) is 0 Å². The lowest BCUT2D eigenvalue weighted by Crippen LogP contribution is -2.18. The van der Waals surface area contributed by atoms with Gasteiger partial charge in [0, 0.05) is 16.5 Å². The summed E-state index contributed by atoms with van der Waals surface area (Å²) in [6.45, 7) is 2.08. The van der Waals surface area contributed by atoms with E-state index < -0.39 is 17.7 Å². The predicted octanol–water partition coefficient (Wildman–Crippen LogP) is 3.02. The molecule has 8 nitrogen and oxygen atoms in total. The number of amides is 1. The Balaban J connectivity index is 1.63. The van der Waals surface area contributed by atoms with Crippen LogP contribution in [0.15, 0.2) is 36.4 Å². The van der Waals surface area contributed by atoms with Gasteiger partial charge in [-0.25, -0.2) is 5.10 Å². The van der Waals surface area contributed by atoms with Crippen LogP contribution in [0.1, 0.15) is 57.3 Å². The fourth-order valence-electron chi connectivity index (χ4n) is 4.02. The summed E-state index contributed by atoms with van der Waals surface area (Å²) in [4.78, 5) is 12.1. The first-order chi connectivity index (χ1) is 14.9. The molecule has 1 amide bonds. The molecule has 0 spiro atoms. The first kappa shape index (κ1) is 19.3. The average Bonchev–Trinajstić information content (AvgIpc) is 3.33. The molecule has 10 heteroatoms. The minimum absolute atomic E-state index is 0.258. The zero-order valence-electron chi connectivity index (χ0n) is 16.6. The molecular weight excluding hydrogens is 404 g/mol. The molecule has 5 rings (SSSR count). The van der Waals surface area contributed by atoms with Crippen molar-refractivity contribution in [3.8, 4) is 0 Å². The number of H-pyrrole nitrogens is 1. The highest BCUT2D eigenvalue weighted by atomic mass is 19.3. The third kappa shape index (κ3) is 3.24. The van der Waals surface area contributed by atoms with Gasteiger partial charge in [0.15, 0.2) is 0 Å². The van der Waals surface area contributed by atoms with Crippen molar-refractivity contribution < 1.29 is 13.6 Å². The maximum Gasteiger partial charge on any atom is 0.333 e. The number of fused-ring (bicyclic) bond motifs is 1. The lowest BCUT2D eigenvalue weighted by molar-refractivity contribution is 0.0330. The Hall–Kier alpha value is -3.69. The van der Waals surface area contributed by atoms with Crippen LogP contribution in [-0.2, 0) is 12.5 Å². The fourth-order valence-corrected chi connectivity index (χ4v) is 4.02. The molecule has 0 unspecified atom stereocenters. The standard InChI is InChI=1S/C21H19F2N7O/c1-11-14-8-7-13(21(22,23)20-25-28-29-26-20)9-18(14)30(27-11)10-17-15(12-5-6-12)3-2-4-16(17)19(24)31/h2-4,7-9,12H,5-6,10H2,1H3,(H2,24,31)(H,25,26,28,29). The molecule has 0 radical (unpaired) electrons. The Labute approximate surface area is 175 Å². The number of aryl methyl sites for hydroxylation is 1. The Morgan fingerprint density at radius 3 is 2.77 bits per heavy atom. The lowest BCUT2D eigenvalue weighted by Gasteiger charge is -2.15. The second kappa shape index (κ2) is 6.93. The van der Waals surface area contributed by atoms with Crippen molar-refractivity contribution in [1.82, 2.24) is 30.4 Å². The van der Waals surface area contributed by atoms with E-state index in [0.717, 1.165) is 29.4 Å². The summed E-state index contributed by atoms with van der Waals surface area (Å²) in [5, 5.41) is 17.3.